The Morgan fingerprint density at radius 2 is 1.46 bits per heavy atom. The third-order valence-electron chi connectivity index (χ3n) is 6.55. The first-order valence-electron chi connectivity index (χ1n) is 13.1. The number of hydrogen-bond donors (Lipinski definition) is 1. The van der Waals surface area contributed by atoms with E-state index < -0.39 is 12.1 Å². The number of aryl methyl sites for hydroxylation is 1. The van der Waals surface area contributed by atoms with Gasteiger partial charge >= 0.3 is 5.97 Å². The molecule has 1 unspecified atom stereocenters. The average molecular weight is 684 g/mol. The van der Waals surface area contributed by atoms with Gasteiger partial charge in [0, 0.05) is 11.1 Å². The Bertz CT molecular complexity index is 1510. The normalized spacial score (nSPS) is 11.7. The smallest absolute Gasteiger partial charge is 0.307 e. The molecule has 0 spiro atoms. The lowest BCUT2D eigenvalue weighted by atomic mass is 9.94. The number of carboxylic acid groups (broad SMARTS) is 1. The maximum absolute atomic E-state index is 11.3. The summed E-state index contributed by atoms with van der Waals surface area (Å²) < 4.78 is 25.7. The van der Waals surface area contributed by atoms with Crippen LogP contribution in [0.2, 0.25) is 0 Å². The number of carbonyl (C=O) groups is 1. The molecule has 0 fully saturated rings. The lowest BCUT2D eigenvalue weighted by Crippen LogP contribution is -2.12. The molecule has 214 valence electrons. The summed E-state index contributed by atoms with van der Waals surface area (Å²) in [6, 6.07) is 23.1. The first-order valence-corrected chi connectivity index (χ1v) is 14.6. The van der Waals surface area contributed by atoms with Gasteiger partial charge < -0.3 is 24.1 Å². The molecule has 4 aromatic carbocycles. The highest BCUT2D eigenvalue weighted by molar-refractivity contribution is 9.11. The minimum absolute atomic E-state index is 0.103. The first kappa shape index (κ1) is 30.5. The Balaban J connectivity index is 1.90. The van der Waals surface area contributed by atoms with Crippen molar-refractivity contribution in [1.82, 2.24) is 0 Å². The van der Waals surface area contributed by atoms with Crippen LogP contribution < -0.4 is 18.9 Å². The summed E-state index contributed by atoms with van der Waals surface area (Å²) in [6.07, 6.45) is -0.647. The number of hydrogen-bond acceptors (Lipinski definition) is 5. The number of benzene rings is 4. The standard InChI is InChI=1S/C33H32Br2O6/c1-19(2)25-17-30(41-33-27(34)14-21(15-28(33)35)16-31(36)37)26(18-29(25)39-5)32(22-8-6-7-20(3)13-22)40-24-11-9-23(38-4)10-12-24/h6-15,17-19,32H,16H2,1-5H3,(H,36,37). The van der Waals surface area contributed by atoms with E-state index in [2.05, 4.69) is 51.8 Å². The van der Waals surface area contributed by atoms with Crippen LogP contribution in [0.5, 0.6) is 28.7 Å². The van der Waals surface area contributed by atoms with E-state index in [9.17, 15) is 9.90 Å². The van der Waals surface area contributed by atoms with Crippen LogP contribution in [0.25, 0.3) is 0 Å². The second-order valence-electron chi connectivity index (χ2n) is 9.94. The van der Waals surface area contributed by atoms with E-state index in [-0.39, 0.29) is 12.3 Å². The van der Waals surface area contributed by atoms with Crippen molar-refractivity contribution >= 4 is 37.8 Å². The van der Waals surface area contributed by atoms with Crippen molar-refractivity contribution < 1.29 is 28.8 Å². The highest BCUT2D eigenvalue weighted by Crippen LogP contribution is 2.45. The average Bonchev–Trinajstić information content (AvgIpc) is 2.93. The Hall–Kier alpha value is -3.49. The SMILES string of the molecule is COc1ccc(OC(c2cccc(C)c2)c2cc(OC)c(C(C)C)cc2Oc2c(Br)cc(CC(=O)O)cc2Br)cc1. The second-order valence-corrected chi connectivity index (χ2v) is 11.6. The van der Waals surface area contributed by atoms with Gasteiger partial charge in [0.05, 0.1) is 29.6 Å². The van der Waals surface area contributed by atoms with E-state index in [1.165, 1.54) is 0 Å². The van der Waals surface area contributed by atoms with Crippen LogP contribution in [-0.4, -0.2) is 25.3 Å². The molecular formula is C33H32Br2O6. The Labute approximate surface area is 257 Å². The van der Waals surface area contributed by atoms with Crippen molar-refractivity contribution in [2.45, 2.75) is 39.2 Å². The summed E-state index contributed by atoms with van der Waals surface area (Å²) in [6.45, 7) is 6.24. The van der Waals surface area contributed by atoms with E-state index >= 15 is 0 Å². The minimum Gasteiger partial charge on any atom is -0.497 e. The Morgan fingerprint density at radius 1 is 0.829 bits per heavy atom. The molecule has 41 heavy (non-hydrogen) atoms. The summed E-state index contributed by atoms with van der Waals surface area (Å²) in [7, 11) is 3.29. The minimum atomic E-state index is -0.909. The molecule has 6 nitrogen and oxygen atoms in total. The molecule has 0 aliphatic rings. The Kier molecular flexibility index (Phi) is 9.99. The molecule has 0 bridgehead atoms. The fourth-order valence-corrected chi connectivity index (χ4v) is 5.99. The topological polar surface area (TPSA) is 74.2 Å². The highest BCUT2D eigenvalue weighted by Gasteiger charge is 2.26. The zero-order valence-corrected chi connectivity index (χ0v) is 26.7. The molecule has 0 heterocycles. The summed E-state index contributed by atoms with van der Waals surface area (Å²) >= 11 is 7.18. The molecule has 0 aliphatic carbocycles. The maximum Gasteiger partial charge on any atom is 0.307 e. The number of carboxylic acids is 1. The van der Waals surface area contributed by atoms with Gasteiger partial charge in [-0.3, -0.25) is 4.79 Å². The molecule has 0 amide bonds. The van der Waals surface area contributed by atoms with Crippen LogP contribution in [0.3, 0.4) is 0 Å². The zero-order valence-electron chi connectivity index (χ0n) is 23.5. The van der Waals surface area contributed by atoms with Gasteiger partial charge in [-0.05, 0) is 104 Å². The number of ether oxygens (including phenoxy) is 4. The monoisotopic (exact) mass is 682 g/mol. The summed E-state index contributed by atoms with van der Waals surface area (Å²) in [5.41, 5.74) is 4.43. The van der Waals surface area contributed by atoms with Gasteiger partial charge in [0.25, 0.3) is 0 Å². The van der Waals surface area contributed by atoms with Gasteiger partial charge in [-0.25, -0.2) is 0 Å². The number of rotatable bonds is 11. The number of methoxy groups -OCH3 is 2. The van der Waals surface area contributed by atoms with Gasteiger partial charge in [-0.1, -0.05) is 43.7 Å². The molecule has 4 rings (SSSR count). The van der Waals surface area contributed by atoms with Crippen LogP contribution >= 0.6 is 31.9 Å². The lowest BCUT2D eigenvalue weighted by Gasteiger charge is -2.26. The molecule has 0 saturated heterocycles. The summed E-state index contributed by atoms with van der Waals surface area (Å²) in [5, 5.41) is 9.27. The molecular weight excluding hydrogens is 652 g/mol. The van der Waals surface area contributed by atoms with E-state index in [1.807, 2.05) is 61.5 Å². The molecule has 4 aromatic rings. The van der Waals surface area contributed by atoms with Gasteiger partial charge in [0.2, 0.25) is 0 Å². The van der Waals surface area contributed by atoms with E-state index in [0.29, 0.717) is 31.8 Å². The van der Waals surface area contributed by atoms with Crippen LogP contribution in [0.4, 0.5) is 0 Å². The van der Waals surface area contributed by atoms with Crippen molar-refractivity contribution in [3.05, 3.63) is 110 Å². The Morgan fingerprint density at radius 3 is 2.02 bits per heavy atom. The second kappa shape index (κ2) is 13.4. The largest absolute Gasteiger partial charge is 0.497 e. The van der Waals surface area contributed by atoms with Crippen molar-refractivity contribution in [3.8, 4) is 28.7 Å². The fraction of sp³-hybridized carbons (Fsp3) is 0.242. The van der Waals surface area contributed by atoms with Gasteiger partial charge in [0.15, 0.2) is 11.9 Å². The quantitative estimate of drug-likeness (QED) is 0.170. The van der Waals surface area contributed by atoms with E-state index in [1.54, 1.807) is 26.4 Å². The molecule has 0 radical (unpaired) electrons. The third-order valence-corrected chi connectivity index (χ3v) is 7.73. The van der Waals surface area contributed by atoms with Gasteiger partial charge in [0.1, 0.15) is 23.0 Å². The van der Waals surface area contributed by atoms with E-state index in [4.69, 9.17) is 18.9 Å². The summed E-state index contributed by atoms with van der Waals surface area (Å²) in [5.74, 6) is 2.48. The molecule has 8 heteroatoms. The fourth-order valence-electron chi connectivity index (χ4n) is 4.54. The van der Waals surface area contributed by atoms with Crippen molar-refractivity contribution in [1.29, 1.82) is 0 Å². The molecule has 0 aliphatic heterocycles. The number of halogens is 2. The van der Waals surface area contributed by atoms with Crippen molar-refractivity contribution in [2.24, 2.45) is 0 Å². The predicted molar refractivity (Wildman–Crippen MR) is 167 cm³/mol. The van der Waals surface area contributed by atoms with Gasteiger partial charge in [-0.15, -0.1) is 0 Å². The molecule has 0 saturated carbocycles. The van der Waals surface area contributed by atoms with Crippen LogP contribution in [0, 0.1) is 6.92 Å². The van der Waals surface area contributed by atoms with E-state index in [0.717, 1.165) is 33.8 Å². The maximum atomic E-state index is 11.3. The predicted octanol–water partition coefficient (Wildman–Crippen LogP) is 9.25. The summed E-state index contributed by atoms with van der Waals surface area (Å²) in [4.78, 5) is 11.3. The lowest BCUT2D eigenvalue weighted by molar-refractivity contribution is -0.136. The van der Waals surface area contributed by atoms with Crippen molar-refractivity contribution in [3.63, 3.8) is 0 Å². The number of aliphatic carboxylic acids is 1. The third kappa shape index (κ3) is 7.43. The molecule has 0 aromatic heterocycles. The van der Waals surface area contributed by atoms with Crippen LogP contribution in [0.15, 0.2) is 81.7 Å². The molecule has 1 atom stereocenters. The van der Waals surface area contributed by atoms with Crippen LogP contribution in [0.1, 0.15) is 53.7 Å². The highest BCUT2D eigenvalue weighted by atomic mass is 79.9. The van der Waals surface area contributed by atoms with Crippen LogP contribution in [-0.2, 0) is 11.2 Å². The van der Waals surface area contributed by atoms with Gasteiger partial charge in [-0.2, -0.15) is 0 Å². The zero-order chi connectivity index (χ0) is 29.7. The first-order chi connectivity index (χ1) is 19.6. The molecule has 1 N–H and O–H groups in total. The van der Waals surface area contributed by atoms with Crippen molar-refractivity contribution in [2.75, 3.05) is 14.2 Å².